The molecular weight excluding hydrogens is 214 g/mol. The van der Waals surface area contributed by atoms with Crippen LogP contribution in [-0.2, 0) is 9.53 Å². The Labute approximate surface area is 105 Å². The van der Waals surface area contributed by atoms with Crippen LogP contribution >= 0.6 is 0 Å². The third-order valence-electron chi connectivity index (χ3n) is 4.47. The molecule has 1 aliphatic carbocycles. The number of Topliss-reactive ketones (excluding diaryl/α,β-unsaturated/α-hetero) is 1. The Hall–Kier alpha value is -0.410. The molecule has 0 N–H and O–H groups in total. The highest BCUT2D eigenvalue weighted by molar-refractivity contribution is 5.81. The molecule has 17 heavy (non-hydrogen) atoms. The lowest BCUT2D eigenvalue weighted by atomic mass is 9.61. The first-order valence-corrected chi connectivity index (χ1v) is 6.84. The molecule has 0 atom stereocenters. The van der Waals surface area contributed by atoms with E-state index in [2.05, 4.69) is 11.9 Å². The number of likely N-dealkylation sites (tertiary alicyclic amines) is 1. The van der Waals surface area contributed by atoms with Gasteiger partial charge in [-0.3, -0.25) is 4.79 Å². The van der Waals surface area contributed by atoms with Gasteiger partial charge in [0.2, 0.25) is 0 Å². The van der Waals surface area contributed by atoms with Crippen molar-refractivity contribution in [3.05, 3.63) is 0 Å². The molecule has 0 unspecified atom stereocenters. The molecule has 0 aromatic rings. The minimum atomic E-state index is 0.104. The fraction of sp³-hybridized carbons (Fsp3) is 0.929. The number of hydrogen-bond acceptors (Lipinski definition) is 3. The van der Waals surface area contributed by atoms with Crippen LogP contribution in [0.3, 0.4) is 0 Å². The van der Waals surface area contributed by atoms with Crippen LogP contribution in [0.1, 0.15) is 39.5 Å². The number of piperidine rings is 1. The Morgan fingerprint density at radius 1 is 1.35 bits per heavy atom. The van der Waals surface area contributed by atoms with Crippen molar-refractivity contribution in [3.63, 3.8) is 0 Å². The maximum Gasteiger partial charge on any atom is 0.160 e. The fourth-order valence-corrected chi connectivity index (χ4v) is 2.89. The van der Waals surface area contributed by atoms with Gasteiger partial charge in [-0.1, -0.05) is 13.8 Å². The van der Waals surface area contributed by atoms with E-state index in [-0.39, 0.29) is 11.7 Å². The van der Waals surface area contributed by atoms with Crippen LogP contribution in [0.2, 0.25) is 0 Å². The summed E-state index contributed by atoms with van der Waals surface area (Å²) in [7, 11) is 2.20. The van der Waals surface area contributed by atoms with E-state index < -0.39 is 0 Å². The zero-order valence-corrected chi connectivity index (χ0v) is 11.4. The molecule has 1 spiro atoms. The van der Waals surface area contributed by atoms with Crippen molar-refractivity contribution in [3.8, 4) is 0 Å². The highest BCUT2D eigenvalue weighted by Crippen LogP contribution is 2.50. The zero-order chi connectivity index (χ0) is 12.5. The molecular formula is C14H25NO2. The van der Waals surface area contributed by atoms with E-state index >= 15 is 0 Å². The van der Waals surface area contributed by atoms with Gasteiger partial charge in [0.05, 0.1) is 6.10 Å². The summed E-state index contributed by atoms with van der Waals surface area (Å²) in [5, 5.41) is 0. The summed E-state index contributed by atoms with van der Waals surface area (Å²) in [6, 6.07) is 0. The van der Waals surface area contributed by atoms with E-state index in [4.69, 9.17) is 4.74 Å². The van der Waals surface area contributed by atoms with Crippen LogP contribution < -0.4 is 0 Å². The minimum Gasteiger partial charge on any atom is -0.370 e. The lowest BCUT2D eigenvalue weighted by Gasteiger charge is -2.51. The molecule has 1 saturated heterocycles. The van der Waals surface area contributed by atoms with Crippen molar-refractivity contribution in [2.24, 2.45) is 11.3 Å². The first-order chi connectivity index (χ1) is 8.01. The molecule has 0 aromatic carbocycles. The summed E-state index contributed by atoms with van der Waals surface area (Å²) >= 11 is 0. The summed E-state index contributed by atoms with van der Waals surface area (Å²) in [6.45, 7) is 6.63. The number of carbonyl (C=O) groups excluding carboxylic acids is 1. The normalized spacial score (nSPS) is 25.2. The quantitative estimate of drug-likeness (QED) is 0.752. The summed E-state index contributed by atoms with van der Waals surface area (Å²) in [4.78, 5) is 13.9. The van der Waals surface area contributed by atoms with Crippen LogP contribution in [0.4, 0.5) is 0 Å². The number of ether oxygens (including phenoxy) is 1. The van der Waals surface area contributed by atoms with Gasteiger partial charge in [-0.25, -0.2) is 0 Å². The largest absolute Gasteiger partial charge is 0.370 e. The van der Waals surface area contributed by atoms with Gasteiger partial charge in [0.15, 0.2) is 5.78 Å². The highest BCUT2D eigenvalue weighted by atomic mass is 16.5. The Bertz CT molecular complexity index is 272. The molecule has 1 saturated carbocycles. The van der Waals surface area contributed by atoms with Crippen molar-refractivity contribution in [2.45, 2.75) is 45.6 Å². The lowest BCUT2D eigenvalue weighted by Crippen LogP contribution is -2.49. The van der Waals surface area contributed by atoms with E-state index in [1.54, 1.807) is 0 Å². The van der Waals surface area contributed by atoms with E-state index in [1.165, 1.54) is 38.8 Å². The average molecular weight is 239 g/mol. The minimum absolute atomic E-state index is 0.104. The standard InChI is InChI=1S/C14H25NO2/c1-11(2)13(16)10-17-12-8-14(9-12)4-6-15(3)7-5-14/h11-12H,4-10H2,1-3H3. The summed E-state index contributed by atoms with van der Waals surface area (Å²) in [5.41, 5.74) is 0.554. The summed E-state index contributed by atoms with van der Waals surface area (Å²) in [6.07, 6.45) is 5.31. The third kappa shape index (κ3) is 3.08. The molecule has 0 bridgehead atoms. The SMILES string of the molecule is CC(C)C(=O)COC1CC2(CCN(C)CC2)C1. The molecule has 0 amide bonds. The molecule has 0 aromatic heterocycles. The third-order valence-corrected chi connectivity index (χ3v) is 4.47. The van der Waals surface area contributed by atoms with Gasteiger partial charge in [-0.2, -0.15) is 0 Å². The van der Waals surface area contributed by atoms with Gasteiger partial charge in [-0.15, -0.1) is 0 Å². The van der Waals surface area contributed by atoms with E-state index in [0.29, 0.717) is 18.1 Å². The lowest BCUT2D eigenvalue weighted by molar-refractivity contribution is -0.139. The van der Waals surface area contributed by atoms with Crippen LogP contribution in [-0.4, -0.2) is 43.5 Å². The highest BCUT2D eigenvalue weighted by Gasteiger charge is 2.45. The van der Waals surface area contributed by atoms with E-state index in [1.807, 2.05) is 13.8 Å². The molecule has 98 valence electrons. The number of carbonyl (C=O) groups is 1. The van der Waals surface area contributed by atoms with Gasteiger partial charge >= 0.3 is 0 Å². The van der Waals surface area contributed by atoms with Crippen molar-refractivity contribution < 1.29 is 9.53 Å². The van der Waals surface area contributed by atoms with Crippen LogP contribution in [0.25, 0.3) is 0 Å². The topological polar surface area (TPSA) is 29.5 Å². The number of hydrogen-bond donors (Lipinski definition) is 0. The first-order valence-electron chi connectivity index (χ1n) is 6.84. The molecule has 2 aliphatic rings. The van der Waals surface area contributed by atoms with Gasteiger partial charge in [0, 0.05) is 5.92 Å². The summed E-state index contributed by atoms with van der Waals surface area (Å²) < 4.78 is 5.69. The van der Waals surface area contributed by atoms with E-state index in [0.717, 1.165) is 0 Å². The fourth-order valence-electron chi connectivity index (χ4n) is 2.89. The van der Waals surface area contributed by atoms with Crippen molar-refractivity contribution in [2.75, 3.05) is 26.7 Å². The van der Waals surface area contributed by atoms with Crippen LogP contribution in [0, 0.1) is 11.3 Å². The van der Waals surface area contributed by atoms with Gasteiger partial charge in [0.25, 0.3) is 0 Å². The first kappa shape index (κ1) is 13.0. The maximum absolute atomic E-state index is 11.5. The van der Waals surface area contributed by atoms with E-state index in [9.17, 15) is 4.79 Å². The maximum atomic E-state index is 11.5. The Kier molecular flexibility index (Phi) is 3.88. The van der Waals surface area contributed by atoms with Crippen molar-refractivity contribution in [1.82, 2.24) is 4.90 Å². The number of nitrogens with zero attached hydrogens (tertiary/aromatic N) is 1. The number of ketones is 1. The van der Waals surface area contributed by atoms with Crippen molar-refractivity contribution >= 4 is 5.78 Å². The van der Waals surface area contributed by atoms with Crippen molar-refractivity contribution in [1.29, 1.82) is 0 Å². The second-order valence-corrected chi connectivity index (χ2v) is 6.27. The van der Waals surface area contributed by atoms with Crippen LogP contribution in [0.15, 0.2) is 0 Å². The van der Waals surface area contributed by atoms with Crippen LogP contribution in [0.5, 0.6) is 0 Å². The molecule has 3 nitrogen and oxygen atoms in total. The Morgan fingerprint density at radius 3 is 2.47 bits per heavy atom. The zero-order valence-electron chi connectivity index (χ0n) is 11.4. The molecule has 3 heteroatoms. The monoisotopic (exact) mass is 239 g/mol. The smallest absolute Gasteiger partial charge is 0.160 e. The average Bonchev–Trinajstić information content (AvgIpc) is 2.25. The predicted molar refractivity (Wildman–Crippen MR) is 68.0 cm³/mol. The molecule has 0 radical (unpaired) electrons. The van der Waals surface area contributed by atoms with Gasteiger partial charge in [-0.05, 0) is 51.2 Å². The molecule has 2 rings (SSSR count). The second kappa shape index (κ2) is 5.07. The predicted octanol–water partition coefficient (Wildman–Crippen LogP) is 2.10. The molecule has 1 aliphatic heterocycles. The summed E-state index contributed by atoms with van der Waals surface area (Å²) in [5.74, 6) is 0.335. The molecule has 2 fully saturated rings. The van der Waals surface area contributed by atoms with Gasteiger partial charge < -0.3 is 9.64 Å². The Balaban J connectivity index is 1.67. The molecule has 1 heterocycles. The number of rotatable bonds is 4. The second-order valence-electron chi connectivity index (χ2n) is 6.27. The van der Waals surface area contributed by atoms with Gasteiger partial charge in [0.1, 0.15) is 6.61 Å². The Morgan fingerprint density at radius 2 is 1.94 bits per heavy atom.